The molecule has 1 amide bonds. The van der Waals surface area contributed by atoms with Gasteiger partial charge in [-0.25, -0.2) is 9.48 Å². The zero-order chi connectivity index (χ0) is 35.5. The number of piperidine rings is 1. The molecule has 1 atom stereocenters. The Morgan fingerprint density at radius 2 is 1.58 bits per heavy atom. The second kappa shape index (κ2) is 14.6. The van der Waals surface area contributed by atoms with E-state index < -0.39 is 10.1 Å². The third kappa shape index (κ3) is 7.60. The van der Waals surface area contributed by atoms with Gasteiger partial charge < -0.3 is 24.0 Å². The van der Waals surface area contributed by atoms with Crippen LogP contribution in [0.4, 0.5) is 11.4 Å². The predicted octanol–water partition coefficient (Wildman–Crippen LogP) is 4.66. The van der Waals surface area contributed by atoms with Crippen LogP contribution in [0.1, 0.15) is 41.6 Å². The number of carbonyl (C=O) groups is 1. The molecule has 268 valence electrons. The van der Waals surface area contributed by atoms with Crippen molar-refractivity contribution in [3.63, 3.8) is 0 Å². The van der Waals surface area contributed by atoms with Gasteiger partial charge >= 0.3 is 5.96 Å². The van der Waals surface area contributed by atoms with Gasteiger partial charge in [0.05, 0.1) is 33.6 Å². The summed E-state index contributed by atoms with van der Waals surface area (Å²) in [6.07, 6.45) is 4.81. The molecule has 13 heteroatoms. The van der Waals surface area contributed by atoms with E-state index in [1.165, 1.54) is 16.9 Å². The van der Waals surface area contributed by atoms with Gasteiger partial charge in [-0.15, -0.1) is 0 Å². The number of likely N-dealkylation sites (tertiary alicyclic amines) is 2. The summed E-state index contributed by atoms with van der Waals surface area (Å²) in [7, 11) is 1.05. The number of carbonyl (C=O) groups excluding carboxylic acids is 1. The van der Waals surface area contributed by atoms with E-state index in [-0.39, 0.29) is 11.3 Å². The third-order valence-electron chi connectivity index (χ3n) is 10.4. The fourth-order valence-corrected chi connectivity index (χ4v) is 7.62. The van der Waals surface area contributed by atoms with Crippen molar-refractivity contribution in [3.8, 4) is 17.2 Å². The Kier molecular flexibility index (Phi) is 10.4. The van der Waals surface area contributed by atoms with Crippen molar-refractivity contribution in [2.24, 2.45) is 4.99 Å². The molecule has 12 nitrogen and oxygen atoms in total. The van der Waals surface area contributed by atoms with Crippen molar-refractivity contribution >= 4 is 33.4 Å². The average Bonchev–Trinajstić information content (AvgIpc) is 3.72. The van der Waals surface area contributed by atoms with Crippen molar-refractivity contribution in [1.82, 2.24) is 14.3 Å². The summed E-state index contributed by atoms with van der Waals surface area (Å²) in [5.41, 5.74) is 4.35. The lowest BCUT2D eigenvalue weighted by Gasteiger charge is -2.35. The Morgan fingerprint density at radius 1 is 0.960 bits per heavy atom. The fraction of sp³-hybridized carbons (Fsp3) is 0.459. The zero-order valence-corrected chi connectivity index (χ0v) is 30.1. The van der Waals surface area contributed by atoms with Crippen molar-refractivity contribution in [2.75, 3.05) is 78.7 Å². The number of benzene rings is 3. The quantitative estimate of drug-likeness (QED) is 0.186. The third-order valence-corrected chi connectivity index (χ3v) is 10.4. The van der Waals surface area contributed by atoms with Gasteiger partial charge in [-0.3, -0.25) is 14.7 Å². The maximum atomic E-state index is 13.9. The number of nitrogens with one attached hydrogen (secondary N) is 1. The smallest absolute Gasteiger partial charge is 0.308 e. The number of para-hydroxylation sites is 2. The number of guanidine groups is 1. The minimum Gasteiger partial charge on any atom is -0.493 e. The maximum Gasteiger partial charge on any atom is 0.308 e. The van der Waals surface area contributed by atoms with E-state index in [4.69, 9.17) is 23.8 Å². The van der Waals surface area contributed by atoms with Crippen LogP contribution in [0.5, 0.6) is 17.2 Å². The topological polar surface area (TPSA) is 130 Å². The highest BCUT2D eigenvalue weighted by molar-refractivity contribution is 7.85. The van der Waals surface area contributed by atoms with Crippen LogP contribution in [0.3, 0.4) is 0 Å². The van der Waals surface area contributed by atoms with Crippen molar-refractivity contribution in [3.05, 3.63) is 77.9 Å². The number of nitrogens with zero attached hydrogens (tertiary/aromatic N) is 4. The summed E-state index contributed by atoms with van der Waals surface area (Å²) in [4.78, 5) is 23.7. The first-order chi connectivity index (χ1) is 24.0. The molecular formula is C37H48N5O7S+. The number of hydrogen-bond donors (Lipinski definition) is 2. The molecule has 4 aliphatic heterocycles. The van der Waals surface area contributed by atoms with Crippen molar-refractivity contribution < 1.29 is 32.0 Å². The van der Waals surface area contributed by atoms with E-state index in [0.717, 1.165) is 68.8 Å². The molecular weight excluding hydrogens is 659 g/mol. The Morgan fingerprint density at radius 3 is 2.18 bits per heavy atom. The number of ether oxygens (including phenoxy) is 3. The van der Waals surface area contributed by atoms with Gasteiger partial charge in [0.15, 0.2) is 17.2 Å². The number of hydrogen-bond acceptors (Lipinski definition) is 8. The molecule has 0 saturated carbocycles. The van der Waals surface area contributed by atoms with Crippen LogP contribution in [0.15, 0.2) is 71.7 Å². The van der Waals surface area contributed by atoms with E-state index in [0.29, 0.717) is 48.2 Å². The standard InChI is InChI=1S/C36H44N5O4.CH4O3S/c1-43-31-23-26(24-32(44-2)33(31)45-3)34(42)40-20-16-36(25-40,27-9-5-4-6-10-27)15-19-39-17-13-28(14-18-39)37-35-38-29-11-7-8-12-30(29)41(35)21-22-41;1-5(2,3)4/h4-12,23-24,28H,13-22,25H2,1-3H3,(H,37,38);1H3,(H,2,3,4)/q+1;. The lowest BCUT2D eigenvalue weighted by molar-refractivity contribution is 0.0779. The predicted molar refractivity (Wildman–Crippen MR) is 195 cm³/mol. The van der Waals surface area contributed by atoms with E-state index in [9.17, 15) is 13.2 Å². The Bertz CT molecular complexity index is 1790. The van der Waals surface area contributed by atoms with Crippen LogP contribution in [0, 0.1) is 0 Å². The molecule has 3 aromatic rings. The number of amides is 1. The molecule has 4 aliphatic rings. The molecule has 4 heterocycles. The normalized spacial score (nSPS) is 22.0. The minimum absolute atomic E-state index is 0.0125. The van der Waals surface area contributed by atoms with E-state index in [1.54, 1.807) is 33.5 Å². The lowest BCUT2D eigenvalue weighted by Crippen LogP contribution is -2.42. The van der Waals surface area contributed by atoms with Crippen molar-refractivity contribution in [2.45, 2.75) is 37.1 Å². The summed E-state index contributed by atoms with van der Waals surface area (Å²) >= 11 is 0. The van der Waals surface area contributed by atoms with Gasteiger partial charge in [0.25, 0.3) is 16.0 Å². The highest BCUT2D eigenvalue weighted by Crippen LogP contribution is 2.45. The molecule has 3 saturated heterocycles. The number of anilines is 1. The number of quaternary nitrogens is 1. The van der Waals surface area contributed by atoms with Gasteiger partial charge in [0, 0.05) is 43.2 Å². The van der Waals surface area contributed by atoms with E-state index in [1.807, 2.05) is 4.90 Å². The number of aliphatic imine (C=N–C) groups is 1. The molecule has 0 aliphatic carbocycles. The van der Waals surface area contributed by atoms with Gasteiger partial charge in [0.2, 0.25) is 5.75 Å². The summed E-state index contributed by atoms with van der Waals surface area (Å²) in [6.45, 7) is 6.78. The second-order valence-corrected chi connectivity index (χ2v) is 15.1. The molecule has 3 fully saturated rings. The Hall–Kier alpha value is -4.17. The van der Waals surface area contributed by atoms with Crippen LogP contribution in [0.2, 0.25) is 0 Å². The molecule has 1 spiro atoms. The van der Waals surface area contributed by atoms with Gasteiger partial charge in [-0.2, -0.15) is 8.42 Å². The molecule has 0 radical (unpaired) electrons. The summed E-state index contributed by atoms with van der Waals surface area (Å²) in [6, 6.07) is 23.3. The van der Waals surface area contributed by atoms with Crippen LogP contribution < -0.4 is 24.0 Å². The molecule has 0 bridgehead atoms. The summed E-state index contributed by atoms with van der Waals surface area (Å²) < 4.78 is 43.3. The molecule has 3 aromatic carbocycles. The zero-order valence-electron chi connectivity index (χ0n) is 29.3. The lowest BCUT2D eigenvalue weighted by atomic mass is 9.76. The minimum atomic E-state index is -3.67. The molecule has 0 aromatic heterocycles. The maximum absolute atomic E-state index is 13.9. The first-order valence-corrected chi connectivity index (χ1v) is 18.9. The van der Waals surface area contributed by atoms with Crippen LogP contribution in [-0.4, -0.2) is 114 Å². The van der Waals surface area contributed by atoms with Crippen LogP contribution in [0.25, 0.3) is 0 Å². The van der Waals surface area contributed by atoms with Crippen LogP contribution in [-0.2, 0) is 15.5 Å². The Labute approximate surface area is 295 Å². The van der Waals surface area contributed by atoms with Crippen molar-refractivity contribution in [1.29, 1.82) is 0 Å². The number of rotatable bonds is 9. The van der Waals surface area contributed by atoms with Crippen LogP contribution >= 0.6 is 0 Å². The van der Waals surface area contributed by atoms with Gasteiger partial charge in [-0.1, -0.05) is 42.5 Å². The largest absolute Gasteiger partial charge is 0.493 e. The summed E-state index contributed by atoms with van der Waals surface area (Å²) in [5, 5.41) is 3.63. The first kappa shape index (κ1) is 35.6. The monoisotopic (exact) mass is 706 g/mol. The molecule has 7 rings (SSSR count). The first-order valence-electron chi connectivity index (χ1n) is 17.1. The number of fused-ring (bicyclic) bond motifs is 2. The highest BCUT2D eigenvalue weighted by atomic mass is 32.2. The molecule has 1 unspecified atom stereocenters. The summed E-state index contributed by atoms with van der Waals surface area (Å²) in [5.74, 6) is 2.59. The van der Waals surface area contributed by atoms with Gasteiger partial charge in [-0.05, 0) is 56.0 Å². The molecule has 2 N–H and O–H groups in total. The Balaban J connectivity index is 0.000000808. The van der Waals surface area contributed by atoms with Gasteiger partial charge in [0.1, 0.15) is 18.8 Å². The average molecular weight is 707 g/mol. The SMILES string of the molecule is COc1cc(C(=O)N2CCC(CCN3CCC(N=C4Nc5ccccc5[N+]45CC5)CC3)(c3ccccc3)C2)cc(OC)c1OC.CS(=O)(=O)O. The van der Waals surface area contributed by atoms with E-state index in [2.05, 4.69) is 64.8 Å². The fourth-order valence-electron chi connectivity index (χ4n) is 7.62. The molecule has 50 heavy (non-hydrogen) atoms. The highest BCUT2D eigenvalue weighted by Gasteiger charge is 2.56. The van der Waals surface area contributed by atoms with E-state index >= 15 is 0 Å². The number of methoxy groups -OCH3 is 3. The second-order valence-electron chi connectivity index (χ2n) is 13.6.